The van der Waals surface area contributed by atoms with Crippen LogP contribution in [0.5, 0.6) is 0 Å². The molecule has 0 aromatic heterocycles. The number of benzene rings is 1. The Hall–Kier alpha value is -0.290. The fourth-order valence-electron chi connectivity index (χ4n) is 2.61. The van der Waals surface area contributed by atoms with Crippen LogP contribution in [0.4, 0.5) is 5.69 Å². The van der Waals surface area contributed by atoms with Crippen LogP contribution in [0.3, 0.4) is 0 Å². The molecular weight excluding hydrogens is 335 g/mol. The Morgan fingerprint density at radius 2 is 2.22 bits per heavy atom. The standard InChI is InChI=1S/C15H23IN2/c1-4-13-9-17-15(11(2)3)10-18(13)14-7-5-6-12(16)8-14/h5-8,11,13,15,17H,4,9-10H2,1-3H3. The fraction of sp³-hybridized carbons (Fsp3) is 0.600. The van der Waals surface area contributed by atoms with E-state index in [1.165, 1.54) is 15.7 Å². The van der Waals surface area contributed by atoms with E-state index >= 15 is 0 Å². The van der Waals surface area contributed by atoms with Crippen LogP contribution < -0.4 is 10.2 Å². The Kier molecular flexibility index (Phi) is 4.90. The predicted octanol–water partition coefficient (Wildman–Crippen LogP) is 3.50. The van der Waals surface area contributed by atoms with Gasteiger partial charge in [0.1, 0.15) is 0 Å². The lowest BCUT2D eigenvalue weighted by Crippen LogP contribution is -2.58. The van der Waals surface area contributed by atoms with Gasteiger partial charge in [-0.1, -0.05) is 26.8 Å². The van der Waals surface area contributed by atoms with Gasteiger partial charge in [0, 0.05) is 34.4 Å². The van der Waals surface area contributed by atoms with E-state index in [9.17, 15) is 0 Å². The van der Waals surface area contributed by atoms with Gasteiger partial charge in [0.25, 0.3) is 0 Å². The maximum absolute atomic E-state index is 3.69. The summed E-state index contributed by atoms with van der Waals surface area (Å²) >= 11 is 2.40. The van der Waals surface area contributed by atoms with Gasteiger partial charge in [0.2, 0.25) is 0 Å². The molecule has 0 amide bonds. The molecule has 0 spiro atoms. The van der Waals surface area contributed by atoms with Crippen LogP contribution in [0.2, 0.25) is 0 Å². The average Bonchev–Trinajstić information content (AvgIpc) is 2.38. The van der Waals surface area contributed by atoms with E-state index in [0.29, 0.717) is 18.0 Å². The minimum Gasteiger partial charge on any atom is -0.366 e. The fourth-order valence-corrected chi connectivity index (χ4v) is 3.13. The van der Waals surface area contributed by atoms with Gasteiger partial charge in [-0.15, -0.1) is 0 Å². The van der Waals surface area contributed by atoms with Gasteiger partial charge in [-0.05, 0) is 53.1 Å². The zero-order chi connectivity index (χ0) is 13.1. The van der Waals surface area contributed by atoms with E-state index in [1.54, 1.807) is 0 Å². The molecule has 1 heterocycles. The third-order valence-electron chi connectivity index (χ3n) is 3.87. The van der Waals surface area contributed by atoms with Gasteiger partial charge in [0.15, 0.2) is 0 Å². The Labute approximate surface area is 124 Å². The van der Waals surface area contributed by atoms with Crippen LogP contribution in [0, 0.1) is 9.49 Å². The van der Waals surface area contributed by atoms with E-state index in [-0.39, 0.29) is 0 Å². The molecule has 2 rings (SSSR count). The van der Waals surface area contributed by atoms with Gasteiger partial charge in [0.05, 0.1) is 0 Å². The van der Waals surface area contributed by atoms with Gasteiger partial charge in [-0.3, -0.25) is 0 Å². The van der Waals surface area contributed by atoms with E-state index in [1.807, 2.05) is 0 Å². The molecule has 1 fully saturated rings. The second kappa shape index (κ2) is 6.24. The van der Waals surface area contributed by atoms with Crippen molar-refractivity contribution in [1.82, 2.24) is 5.32 Å². The maximum atomic E-state index is 3.69. The van der Waals surface area contributed by atoms with Crippen LogP contribution in [0.25, 0.3) is 0 Å². The molecule has 0 aliphatic carbocycles. The molecule has 1 aromatic rings. The van der Waals surface area contributed by atoms with Crippen LogP contribution in [-0.2, 0) is 0 Å². The van der Waals surface area contributed by atoms with Gasteiger partial charge in [-0.25, -0.2) is 0 Å². The molecule has 1 N–H and O–H groups in total. The summed E-state index contributed by atoms with van der Waals surface area (Å²) in [5, 5.41) is 3.69. The first-order chi connectivity index (χ1) is 8.61. The molecule has 1 aliphatic heterocycles. The lowest BCUT2D eigenvalue weighted by molar-refractivity contribution is 0.325. The first-order valence-electron chi connectivity index (χ1n) is 6.87. The minimum absolute atomic E-state index is 0.602. The summed E-state index contributed by atoms with van der Waals surface area (Å²) in [4.78, 5) is 2.59. The summed E-state index contributed by atoms with van der Waals surface area (Å²) in [6, 6.07) is 10.1. The number of nitrogens with one attached hydrogen (secondary N) is 1. The summed E-state index contributed by atoms with van der Waals surface area (Å²) in [7, 11) is 0. The van der Waals surface area contributed by atoms with Crippen LogP contribution in [0.1, 0.15) is 27.2 Å². The SMILES string of the molecule is CCC1CNC(C(C)C)CN1c1cccc(I)c1. The van der Waals surface area contributed by atoms with Crippen molar-refractivity contribution in [3.8, 4) is 0 Å². The lowest BCUT2D eigenvalue weighted by Gasteiger charge is -2.43. The second-order valence-corrected chi connectivity index (χ2v) is 6.70. The van der Waals surface area contributed by atoms with Crippen molar-refractivity contribution in [2.75, 3.05) is 18.0 Å². The zero-order valence-electron chi connectivity index (χ0n) is 11.5. The largest absolute Gasteiger partial charge is 0.366 e. The zero-order valence-corrected chi connectivity index (χ0v) is 13.6. The highest BCUT2D eigenvalue weighted by molar-refractivity contribution is 14.1. The smallest absolute Gasteiger partial charge is 0.0412 e. The average molecular weight is 358 g/mol. The number of hydrogen-bond acceptors (Lipinski definition) is 2. The number of hydrogen-bond donors (Lipinski definition) is 1. The monoisotopic (exact) mass is 358 g/mol. The van der Waals surface area contributed by atoms with E-state index in [2.05, 4.69) is 77.8 Å². The molecule has 1 aliphatic rings. The van der Waals surface area contributed by atoms with Crippen molar-refractivity contribution in [3.05, 3.63) is 27.8 Å². The van der Waals surface area contributed by atoms with Gasteiger partial charge >= 0.3 is 0 Å². The number of rotatable bonds is 3. The molecular formula is C15H23IN2. The van der Waals surface area contributed by atoms with Gasteiger partial charge in [-0.2, -0.15) is 0 Å². The number of anilines is 1. The molecule has 0 bridgehead atoms. The molecule has 2 atom stereocenters. The highest BCUT2D eigenvalue weighted by Gasteiger charge is 2.28. The normalized spacial score (nSPS) is 24.6. The highest BCUT2D eigenvalue weighted by Crippen LogP contribution is 2.24. The molecule has 2 nitrogen and oxygen atoms in total. The van der Waals surface area contributed by atoms with Crippen LogP contribution in [0.15, 0.2) is 24.3 Å². The van der Waals surface area contributed by atoms with Crippen molar-refractivity contribution in [3.63, 3.8) is 0 Å². The molecule has 1 saturated heterocycles. The first kappa shape index (κ1) is 14.1. The maximum Gasteiger partial charge on any atom is 0.0412 e. The third-order valence-corrected chi connectivity index (χ3v) is 4.54. The Balaban J connectivity index is 2.20. The number of halogens is 1. The Bertz CT molecular complexity index is 392. The summed E-state index contributed by atoms with van der Waals surface area (Å²) in [5.74, 6) is 0.688. The Morgan fingerprint density at radius 3 is 2.83 bits per heavy atom. The molecule has 0 radical (unpaired) electrons. The van der Waals surface area contributed by atoms with Crippen LogP contribution in [-0.4, -0.2) is 25.2 Å². The number of nitrogens with zero attached hydrogens (tertiary/aromatic N) is 1. The molecule has 3 heteroatoms. The summed E-state index contributed by atoms with van der Waals surface area (Å²) in [5.41, 5.74) is 1.38. The van der Waals surface area contributed by atoms with E-state index in [4.69, 9.17) is 0 Å². The summed E-state index contributed by atoms with van der Waals surface area (Å²) in [6.45, 7) is 9.11. The van der Waals surface area contributed by atoms with Crippen molar-refractivity contribution in [1.29, 1.82) is 0 Å². The lowest BCUT2D eigenvalue weighted by atomic mass is 9.98. The van der Waals surface area contributed by atoms with Crippen molar-refractivity contribution in [2.24, 2.45) is 5.92 Å². The highest BCUT2D eigenvalue weighted by atomic mass is 127. The number of piperazine rings is 1. The van der Waals surface area contributed by atoms with Crippen LogP contribution >= 0.6 is 22.6 Å². The molecule has 18 heavy (non-hydrogen) atoms. The van der Waals surface area contributed by atoms with Crippen molar-refractivity contribution >= 4 is 28.3 Å². The quantitative estimate of drug-likeness (QED) is 0.832. The predicted molar refractivity (Wildman–Crippen MR) is 87.2 cm³/mol. The third kappa shape index (κ3) is 3.18. The topological polar surface area (TPSA) is 15.3 Å². The van der Waals surface area contributed by atoms with E-state index < -0.39 is 0 Å². The van der Waals surface area contributed by atoms with Gasteiger partial charge < -0.3 is 10.2 Å². The van der Waals surface area contributed by atoms with E-state index in [0.717, 1.165) is 13.1 Å². The van der Waals surface area contributed by atoms with Crippen molar-refractivity contribution in [2.45, 2.75) is 39.3 Å². The summed E-state index contributed by atoms with van der Waals surface area (Å²) in [6.07, 6.45) is 1.20. The second-order valence-electron chi connectivity index (χ2n) is 5.45. The minimum atomic E-state index is 0.602. The Morgan fingerprint density at radius 1 is 1.44 bits per heavy atom. The molecule has 1 aromatic carbocycles. The first-order valence-corrected chi connectivity index (χ1v) is 7.95. The molecule has 0 saturated carbocycles. The van der Waals surface area contributed by atoms with Crippen molar-refractivity contribution < 1.29 is 0 Å². The molecule has 2 unspecified atom stereocenters. The summed E-state index contributed by atoms with van der Waals surface area (Å²) < 4.78 is 1.32. The molecule has 100 valence electrons.